The Morgan fingerprint density at radius 2 is 2.15 bits per heavy atom. The van der Waals surface area contributed by atoms with E-state index in [1.54, 1.807) is 17.4 Å². The van der Waals surface area contributed by atoms with E-state index in [1.807, 2.05) is 24.1 Å². The summed E-state index contributed by atoms with van der Waals surface area (Å²) < 4.78 is 14.2. The normalized spacial score (nSPS) is 12.4. The molecule has 0 radical (unpaired) electrons. The minimum Gasteiger partial charge on any atom is -0.369 e. The number of thiophene rings is 1. The van der Waals surface area contributed by atoms with Crippen molar-refractivity contribution in [3.8, 4) is 0 Å². The first kappa shape index (κ1) is 15.0. The quantitative estimate of drug-likeness (QED) is 0.883. The lowest BCUT2D eigenvalue weighted by molar-refractivity contribution is 0.603. The Kier molecular flexibility index (Phi) is 5.15. The van der Waals surface area contributed by atoms with Crippen LogP contribution in [0.2, 0.25) is 0 Å². The monoisotopic (exact) mass is 292 g/mol. The van der Waals surface area contributed by atoms with E-state index in [1.165, 1.54) is 4.88 Å². The van der Waals surface area contributed by atoms with Crippen LogP contribution >= 0.6 is 11.3 Å². The highest BCUT2D eigenvalue weighted by Gasteiger charge is 2.15. The van der Waals surface area contributed by atoms with Crippen LogP contribution < -0.4 is 10.6 Å². The lowest BCUT2D eigenvalue weighted by Crippen LogP contribution is -2.31. The first-order valence-electron chi connectivity index (χ1n) is 6.85. The van der Waals surface area contributed by atoms with Gasteiger partial charge in [0, 0.05) is 24.4 Å². The van der Waals surface area contributed by atoms with Crippen LogP contribution in [0.5, 0.6) is 0 Å². The fraction of sp³-hybridized carbons (Fsp3) is 0.375. The third kappa shape index (κ3) is 3.58. The predicted octanol–water partition coefficient (Wildman–Crippen LogP) is 3.46. The van der Waals surface area contributed by atoms with Crippen LogP contribution in [0.3, 0.4) is 0 Å². The standard InChI is InChI=1S/C16H21FN2S/c1-12(10-14-4-3-9-20-14)19(2)16-6-5-13(7-8-18)11-15(16)17/h3-6,9,11-12H,7-8,10,18H2,1-2H3. The summed E-state index contributed by atoms with van der Waals surface area (Å²) in [7, 11) is 1.94. The van der Waals surface area contributed by atoms with E-state index in [0.29, 0.717) is 18.7 Å². The molecule has 4 heteroatoms. The van der Waals surface area contributed by atoms with Crippen molar-refractivity contribution in [2.45, 2.75) is 25.8 Å². The molecular formula is C16H21FN2S. The smallest absolute Gasteiger partial charge is 0.146 e. The molecule has 0 saturated carbocycles. The Labute approximate surface area is 124 Å². The van der Waals surface area contributed by atoms with Gasteiger partial charge in [0.1, 0.15) is 5.82 Å². The fourth-order valence-corrected chi connectivity index (χ4v) is 3.08. The van der Waals surface area contributed by atoms with E-state index in [9.17, 15) is 4.39 Å². The SMILES string of the molecule is CC(Cc1cccs1)N(C)c1ccc(CCN)cc1F. The van der Waals surface area contributed by atoms with Crippen molar-refractivity contribution in [1.29, 1.82) is 0 Å². The molecule has 20 heavy (non-hydrogen) atoms. The number of hydrogen-bond donors (Lipinski definition) is 1. The Hall–Kier alpha value is -1.39. The lowest BCUT2D eigenvalue weighted by atomic mass is 10.1. The third-order valence-electron chi connectivity index (χ3n) is 3.56. The summed E-state index contributed by atoms with van der Waals surface area (Å²) in [5.41, 5.74) is 7.10. The van der Waals surface area contributed by atoms with Crippen molar-refractivity contribution in [1.82, 2.24) is 0 Å². The van der Waals surface area contributed by atoms with Gasteiger partial charge in [0.25, 0.3) is 0 Å². The molecular weight excluding hydrogens is 271 g/mol. The number of benzene rings is 1. The van der Waals surface area contributed by atoms with Crippen LogP contribution in [0.1, 0.15) is 17.4 Å². The minimum absolute atomic E-state index is 0.170. The van der Waals surface area contributed by atoms with E-state index in [-0.39, 0.29) is 11.9 Å². The van der Waals surface area contributed by atoms with Crippen molar-refractivity contribution in [3.05, 3.63) is 52.0 Å². The van der Waals surface area contributed by atoms with Crippen LogP contribution in [-0.2, 0) is 12.8 Å². The molecule has 1 aromatic carbocycles. The van der Waals surface area contributed by atoms with E-state index in [0.717, 1.165) is 12.0 Å². The lowest BCUT2D eigenvalue weighted by Gasteiger charge is -2.27. The van der Waals surface area contributed by atoms with Crippen LogP contribution in [-0.4, -0.2) is 19.6 Å². The van der Waals surface area contributed by atoms with E-state index < -0.39 is 0 Å². The van der Waals surface area contributed by atoms with Crippen molar-refractivity contribution in [2.24, 2.45) is 5.73 Å². The summed E-state index contributed by atoms with van der Waals surface area (Å²) in [6, 6.07) is 9.83. The molecule has 108 valence electrons. The largest absolute Gasteiger partial charge is 0.369 e. The Bertz CT molecular complexity index is 539. The molecule has 2 nitrogen and oxygen atoms in total. The molecule has 1 unspecified atom stereocenters. The molecule has 0 aliphatic heterocycles. The molecule has 1 aromatic heterocycles. The van der Waals surface area contributed by atoms with E-state index in [4.69, 9.17) is 5.73 Å². The summed E-state index contributed by atoms with van der Waals surface area (Å²) in [4.78, 5) is 3.32. The number of halogens is 1. The van der Waals surface area contributed by atoms with Gasteiger partial charge >= 0.3 is 0 Å². The molecule has 2 aromatic rings. The van der Waals surface area contributed by atoms with Gasteiger partial charge in [-0.1, -0.05) is 12.1 Å². The van der Waals surface area contributed by atoms with Gasteiger partial charge in [-0.25, -0.2) is 4.39 Å². The average molecular weight is 292 g/mol. The van der Waals surface area contributed by atoms with Gasteiger partial charge in [0.2, 0.25) is 0 Å². The van der Waals surface area contributed by atoms with E-state index >= 15 is 0 Å². The highest BCUT2D eigenvalue weighted by molar-refractivity contribution is 7.09. The second kappa shape index (κ2) is 6.86. The van der Waals surface area contributed by atoms with Crippen LogP contribution in [0.25, 0.3) is 0 Å². The van der Waals surface area contributed by atoms with Crippen molar-refractivity contribution in [2.75, 3.05) is 18.5 Å². The Morgan fingerprint density at radius 3 is 2.75 bits per heavy atom. The van der Waals surface area contributed by atoms with Crippen molar-refractivity contribution < 1.29 is 4.39 Å². The number of likely N-dealkylation sites (N-methyl/N-ethyl adjacent to an activating group) is 1. The molecule has 1 atom stereocenters. The third-order valence-corrected chi connectivity index (χ3v) is 4.46. The summed E-state index contributed by atoms with van der Waals surface area (Å²) in [6.45, 7) is 2.66. The molecule has 0 amide bonds. The number of nitrogens with two attached hydrogens (primary N) is 1. The Morgan fingerprint density at radius 1 is 1.35 bits per heavy atom. The summed E-state index contributed by atoms with van der Waals surface area (Å²) in [5.74, 6) is -0.170. The van der Waals surface area contributed by atoms with Gasteiger partial charge in [-0.3, -0.25) is 0 Å². The zero-order valence-electron chi connectivity index (χ0n) is 12.0. The summed E-state index contributed by atoms with van der Waals surface area (Å²) in [5, 5.41) is 2.07. The first-order chi connectivity index (χ1) is 9.61. The van der Waals surface area contributed by atoms with Gasteiger partial charge in [-0.2, -0.15) is 0 Å². The first-order valence-corrected chi connectivity index (χ1v) is 7.73. The second-order valence-electron chi connectivity index (χ2n) is 5.07. The Balaban J connectivity index is 2.09. The van der Waals surface area contributed by atoms with Crippen LogP contribution in [0, 0.1) is 5.82 Å². The maximum atomic E-state index is 14.2. The number of rotatable bonds is 6. The zero-order chi connectivity index (χ0) is 14.5. The maximum Gasteiger partial charge on any atom is 0.146 e. The maximum absolute atomic E-state index is 14.2. The number of nitrogens with zero attached hydrogens (tertiary/aromatic N) is 1. The molecule has 0 fully saturated rings. The second-order valence-corrected chi connectivity index (χ2v) is 6.10. The van der Waals surface area contributed by atoms with Gasteiger partial charge in [-0.15, -0.1) is 11.3 Å². The van der Waals surface area contributed by atoms with Crippen molar-refractivity contribution >= 4 is 17.0 Å². The molecule has 1 heterocycles. The molecule has 2 N–H and O–H groups in total. The van der Waals surface area contributed by atoms with Crippen LogP contribution in [0.15, 0.2) is 35.7 Å². The molecule has 2 rings (SSSR count). The fourth-order valence-electron chi connectivity index (χ4n) is 2.25. The molecule has 0 aliphatic rings. The van der Waals surface area contributed by atoms with Crippen LogP contribution in [0.4, 0.5) is 10.1 Å². The van der Waals surface area contributed by atoms with Gasteiger partial charge in [0.05, 0.1) is 5.69 Å². The average Bonchev–Trinajstić information content (AvgIpc) is 2.91. The number of anilines is 1. The van der Waals surface area contributed by atoms with Crippen molar-refractivity contribution in [3.63, 3.8) is 0 Å². The molecule has 0 spiro atoms. The predicted molar refractivity (Wildman–Crippen MR) is 85.0 cm³/mol. The van der Waals surface area contributed by atoms with E-state index in [2.05, 4.69) is 24.4 Å². The topological polar surface area (TPSA) is 29.3 Å². The minimum atomic E-state index is -0.170. The highest BCUT2D eigenvalue weighted by atomic mass is 32.1. The molecule has 0 aliphatic carbocycles. The summed E-state index contributed by atoms with van der Waals surface area (Å²) in [6.07, 6.45) is 1.64. The molecule has 0 bridgehead atoms. The number of hydrogen-bond acceptors (Lipinski definition) is 3. The zero-order valence-corrected chi connectivity index (χ0v) is 12.8. The van der Waals surface area contributed by atoms with Gasteiger partial charge < -0.3 is 10.6 Å². The van der Waals surface area contributed by atoms with Gasteiger partial charge in [-0.05, 0) is 49.0 Å². The summed E-state index contributed by atoms with van der Waals surface area (Å²) >= 11 is 1.74. The van der Waals surface area contributed by atoms with Gasteiger partial charge in [0.15, 0.2) is 0 Å². The highest BCUT2D eigenvalue weighted by Crippen LogP contribution is 2.23. The molecule has 0 saturated heterocycles.